The van der Waals surface area contributed by atoms with Gasteiger partial charge in [-0.2, -0.15) is 0 Å². The Kier molecular flexibility index (Phi) is 9.99. The summed E-state index contributed by atoms with van der Waals surface area (Å²) in [4.78, 5) is 28.3. The van der Waals surface area contributed by atoms with E-state index in [2.05, 4.69) is 5.32 Å². The highest BCUT2D eigenvalue weighted by atomic mass is 35.5. The van der Waals surface area contributed by atoms with Crippen LogP contribution in [0.4, 0.5) is 5.69 Å². The van der Waals surface area contributed by atoms with Gasteiger partial charge in [-0.05, 0) is 75.7 Å². The Balaban J connectivity index is 2.04. The number of nitrogens with zero attached hydrogens (tertiary/aromatic N) is 2. The Labute approximate surface area is 235 Å². The molecule has 0 aliphatic heterocycles. The van der Waals surface area contributed by atoms with Crippen LogP contribution >= 0.6 is 11.6 Å². The zero-order chi connectivity index (χ0) is 28.7. The first kappa shape index (κ1) is 30.0. The number of aryl methyl sites for hydroxylation is 1. The van der Waals surface area contributed by atoms with E-state index in [9.17, 15) is 18.0 Å². The predicted molar refractivity (Wildman–Crippen MR) is 153 cm³/mol. The highest BCUT2D eigenvalue weighted by Gasteiger charge is 2.32. The van der Waals surface area contributed by atoms with E-state index >= 15 is 0 Å². The van der Waals surface area contributed by atoms with Gasteiger partial charge in [0.25, 0.3) is 10.0 Å². The predicted octanol–water partition coefficient (Wildman–Crippen LogP) is 4.79. The number of hydrogen-bond acceptors (Lipinski definition) is 5. The zero-order valence-corrected chi connectivity index (χ0v) is 24.3. The Hall–Kier alpha value is -3.56. The lowest BCUT2D eigenvalue weighted by Gasteiger charge is -2.32. The maximum atomic E-state index is 13.9. The molecule has 3 aromatic rings. The van der Waals surface area contributed by atoms with Crippen molar-refractivity contribution in [1.82, 2.24) is 10.2 Å². The van der Waals surface area contributed by atoms with E-state index < -0.39 is 28.5 Å². The highest BCUT2D eigenvalue weighted by molar-refractivity contribution is 7.92. The maximum Gasteiger partial charge on any atom is 0.264 e. The molecular weight excluding hydrogens is 538 g/mol. The first-order valence-corrected chi connectivity index (χ1v) is 14.3. The Morgan fingerprint density at radius 2 is 1.64 bits per heavy atom. The SMILES string of the molecule is COc1cccc(CN(C(=O)CN(c2cccc(Cl)c2)S(=O)(=O)c2ccc(C)cc2)[C@H](C)C(=O)NC(C)C)c1. The number of halogens is 1. The van der Waals surface area contributed by atoms with Gasteiger partial charge in [-0.1, -0.05) is 47.5 Å². The van der Waals surface area contributed by atoms with Crippen molar-refractivity contribution >= 4 is 39.1 Å². The first-order chi connectivity index (χ1) is 18.4. The summed E-state index contributed by atoms with van der Waals surface area (Å²) in [6.45, 7) is 6.65. The van der Waals surface area contributed by atoms with E-state index in [1.54, 1.807) is 62.6 Å². The minimum atomic E-state index is -4.16. The number of nitrogens with one attached hydrogen (secondary N) is 1. The number of amides is 2. The molecule has 1 atom stereocenters. The van der Waals surface area contributed by atoms with Crippen molar-refractivity contribution in [2.24, 2.45) is 0 Å². The maximum absolute atomic E-state index is 13.9. The van der Waals surface area contributed by atoms with Crippen molar-refractivity contribution in [2.75, 3.05) is 18.0 Å². The fraction of sp³-hybridized carbons (Fsp3) is 0.310. The highest BCUT2D eigenvalue weighted by Crippen LogP contribution is 2.27. The molecule has 1 N–H and O–H groups in total. The average Bonchev–Trinajstić information content (AvgIpc) is 2.89. The number of hydrogen-bond donors (Lipinski definition) is 1. The van der Waals surface area contributed by atoms with Gasteiger partial charge in [0, 0.05) is 17.6 Å². The number of rotatable bonds is 11. The summed E-state index contributed by atoms with van der Waals surface area (Å²) in [7, 11) is -2.62. The minimum absolute atomic E-state index is 0.0332. The quantitative estimate of drug-likeness (QED) is 0.357. The van der Waals surface area contributed by atoms with Gasteiger partial charge >= 0.3 is 0 Å². The third kappa shape index (κ3) is 7.74. The molecule has 10 heteroatoms. The molecule has 0 spiro atoms. The monoisotopic (exact) mass is 571 g/mol. The Morgan fingerprint density at radius 1 is 0.974 bits per heavy atom. The molecule has 0 saturated heterocycles. The standard InChI is InChI=1S/C29H34ClN3O5S/c1-20(2)31-29(35)22(4)32(18-23-8-6-11-26(16-23)38-5)28(34)19-33(25-10-7-9-24(30)17-25)39(36,37)27-14-12-21(3)13-15-27/h6-17,20,22H,18-19H2,1-5H3,(H,31,35)/t22-/m1/s1. The summed E-state index contributed by atoms with van der Waals surface area (Å²) in [5.74, 6) is -0.307. The van der Waals surface area contributed by atoms with Gasteiger partial charge in [0.2, 0.25) is 11.8 Å². The summed E-state index contributed by atoms with van der Waals surface area (Å²) < 4.78 is 34.0. The van der Waals surface area contributed by atoms with Crippen molar-refractivity contribution < 1.29 is 22.7 Å². The summed E-state index contributed by atoms with van der Waals surface area (Å²) >= 11 is 6.20. The van der Waals surface area contributed by atoms with Crippen LogP contribution in [0.25, 0.3) is 0 Å². The van der Waals surface area contributed by atoms with E-state index in [1.165, 1.54) is 23.1 Å². The number of carbonyl (C=O) groups is 2. The molecule has 3 aromatic carbocycles. The number of benzene rings is 3. The molecule has 2 amide bonds. The number of ether oxygens (including phenoxy) is 1. The third-order valence-electron chi connectivity index (χ3n) is 6.07. The molecule has 8 nitrogen and oxygen atoms in total. The Bertz CT molecular complexity index is 1410. The van der Waals surface area contributed by atoms with Crippen LogP contribution in [0.2, 0.25) is 5.02 Å². The van der Waals surface area contributed by atoms with Gasteiger partial charge in [0.05, 0.1) is 17.7 Å². The second-order valence-electron chi connectivity index (χ2n) is 9.52. The number of anilines is 1. The van der Waals surface area contributed by atoms with Gasteiger partial charge in [0.15, 0.2) is 0 Å². The zero-order valence-electron chi connectivity index (χ0n) is 22.7. The average molecular weight is 572 g/mol. The summed E-state index contributed by atoms with van der Waals surface area (Å²) in [5, 5.41) is 3.15. The van der Waals surface area contributed by atoms with Gasteiger partial charge in [-0.15, -0.1) is 0 Å². The lowest BCUT2D eigenvalue weighted by Crippen LogP contribution is -2.52. The van der Waals surface area contributed by atoms with Gasteiger partial charge in [-0.3, -0.25) is 13.9 Å². The molecule has 0 aliphatic rings. The molecule has 0 heterocycles. The minimum Gasteiger partial charge on any atom is -0.497 e. The molecule has 0 aliphatic carbocycles. The molecule has 0 aromatic heterocycles. The number of carbonyl (C=O) groups excluding carboxylic acids is 2. The summed E-state index contributed by atoms with van der Waals surface area (Å²) in [5.41, 5.74) is 1.86. The van der Waals surface area contributed by atoms with Crippen molar-refractivity contribution in [3.05, 3.63) is 88.9 Å². The fourth-order valence-electron chi connectivity index (χ4n) is 3.95. The fourth-order valence-corrected chi connectivity index (χ4v) is 5.54. The van der Waals surface area contributed by atoms with Crippen LogP contribution in [0.15, 0.2) is 77.7 Å². The first-order valence-electron chi connectivity index (χ1n) is 12.5. The van der Waals surface area contributed by atoms with Gasteiger partial charge < -0.3 is 15.0 Å². The largest absolute Gasteiger partial charge is 0.497 e. The summed E-state index contributed by atoms with van der Waals surface area (Å²) in [6.07, 6.45) is 0. The van der Waals surface area contributed by atoms with Crippen LogP contribution in [0.5, 0.6) is 5.75 Å². The topological polar surface area (TPSA) is 96.0 Å². The third-order valence-corrected chi connectivity index (χ3v) is 8.09. The smallest absolute Gasteiger partial charge is 0.264 e. The van der Waals surface area contributed by atoms with Crippen molar-refractivity contribution in [1.29, 1.82) is 0 Å². The summed E-state index contributed by atoms with van der Waals surface area (Å²) in [6, 6.07) is 18.8. The van der Waals surface area contributed by atoms with E-state index in [1.807, 2.05) is 26.8 Å². The molecule has 0 radical (unpaired) electrons. The molecule has 39 heavy (non-hydrogen) atoms. The van der Waals surface area contributed by atoms with E-state index in [4.69, 9.17) is 16.3 Å². The van der Waals surface area contributed by atoms with E-state index in [-0.39, 0.29) is 29.1 Å². The van der Waals surface area contributed by atoms with E-state index in [0.717, 1.165) is 15.4 Å². The molecule has 0 saturated carbocycles. The van der Waals surface area contributed by atoms with Gasteiger partial charge in [0.1, 0.15) is 18.3 Å². The molecule has 208 valence electrons. The lowest BCUT2D eigenvalue weighted by atomic mass is 10.1. The van der Waals surface area contributed by atoms with Crippen LogP contribution in [-0.2, 0) is 26.2 Å². The molecule has 3 rings (SSSR count). The van der Waals surface area contributed by atoms with E-state index in [0.29, 0.717) is 10.8 Å². The normalized spacial score (nSPS) is 12.1. The lowest BCUT2D eigenvalue weighted by molar-refractivity contribution is -0.139. The van der Waals surface area contributed by atoms with Crippen LogP contribution in [0.1, 0.15) is 31.9 Å². The molecule has 0 fully saturated rings. The van der Waals surface area contributed by atoms with Crippen LogP contribution in [0.3, 0.4) is 0 Å². The van der Waals surface area contributed by atoms with Crippen LogP contribution in [0, 0.1) is 6.92 Å². The number of methoxy groups -OCH3 is 1. The van der Waals surface area contributed by atoms with Crippen molar-refractivity contribution in [3.63, 3.8) is 0 Å². The van der Waals surface area contributed by atoms with Crippen LogP contribution < -0.4 is 14.4 Å². The van der Waals surface area contributed by atoms with Crippen LogP contribution in [-0.4, -0.2) is 50.9 Å². The Morgan fingerprint density at radius 3 is 2.26 bits per heavy atom. The van der Waals surface area contributed by atoms with Crippen molar-refractivity contribution in [3.8, 4) is 5.75 Å². The second kappa shape index (κ2) is 13.0. The second-order valence-corrected chi connectivity index (χ2v) is 11.8. The number of sulfonamides is 1. The van der Waals surface area contributed by atoms with Crippen molar-refractivity contribution in [2.45, 2.75) is 51.2 Å². The molecule has 0 unspecified atom stereocenters. The molecule has 0 bridgehead atoms. The molecular formula is C29H34ClN3O5S. The van der Waals surface area contributed by atoms with Gasteiger partial charge in [-0.25, -0.2) is 8.42 Å².